The topological polar surface area (TPSA) is 54.0 Å². The molecule has 1 saturated heterocycles. The van der Waals surface area contributed by atoms with Crippen molar-refractivity contribution in [2.75, 3.05) is 39.5 Å². The second-order valence-electron chi connectivity index (χ2n) is 7.73. The van der Waals surface area contributed by atoms with E-state index in [0.717, 1.165) is 49.8 Å². The molecule has 0 radical (unpaired) electrons. The number of carbonyl (C=O) groups excluding carboxylic acids is 1. The third-order valence-corrected chi connectivity index (χ3v) is 5.71. The predicted molar refractivity (Wildman–Crippen MR) is 117 cm³/mol. The highest BCUT2D eigenvalue weighted by Gasteiger charge is 2.25. The summed E-state index contributed by atoms with van der Waals surface area (Å²) >= 11 is 0. The molecule has 0 spiro atoms. The van der Waals surface area contributed by atoms with Crippen molar-refractivity contribution in [1.82, 2.24) is 15.1 Å². The van der Waals surface area contributed by atoms with Gasteiger partial charge in [0.15, 0.2) is 11.5 Å². The Morgan fingerprint density at radius 3 is 2.63 bits per heavy atom. The van der Waals surface area contributed by atoms with Crippen molar-refractivity contribution in [3.63, 3.8) is 0 Å². The average molecular weight is 408 g/mol. The van der Waals surface area contributed by atoms with Gasteiger partial charge in [-0.1, -0.05) is 48.6 Å². The molecule has 0 aromatic heterocycles. The van der Waals surface area contributed by atoms with E-state index in [1.165, 1.54) is 5.56 Å². The summed E-state index contributed by atoms with van der Waals surface area (Å²) in [7, 11) is 0. The SMILES string of the molecule is CC(C(=O)NCc1ccc2c(c1)OCO2)N1CCN(C/C=C/c2ccccc2)CC1. The van der Waals surface area contributed by atoms with Gasteiger partial charge in [0.05, 0.1) is 6.04 Å². The van der Waals surface area contributed by atoms with E-state index in [9.17, 15) is 4.79 Å². The number of nitrogens with one attached hydrogen (secondary N) is 1. The lowest BCUT2D eigenvalue weighted by Crippen LogP contribution is -2.53. The molecule has 1 fully saturated rings. The molecular formula is C24H29N3O3. The number of rotatable bonds is 7. The predicted octanol–water partition coefficient (Wildman–Crippen LogP) is 2.75. The Morgan fingerprint density at radius 2 is 1.83 bits per heavy atom. The standard InChI is InChI=1S/C24H29N3O3/c1-19(24(28)25-17-21-9-10-22-23(16-21)30-18-29-22)27-14-12-26(13-15-27)11-5-8-20-6-3-2-4-7-20/h2-10,16,19H,11-15,17-18H2,1H3,(H,25,28)/b8-5+. The van der Waals surface area contributed by atoms with Gasteiger partial charge in [0.1, 0.15) is 0 Å². The third kappa shape index (κ3) is 5.20. The fourth-order valence-electron chi connectivity index (χ4n) is 3.79. The van der Waals surface area contributed by atoms with Crippen LogP contribution in [0.2, 0.25) is 0 Å². The van der Waals surface area contributed by atoms with Crippen LogP contribution in [0.15, 0.2) is 54.6 Å². The first kappa shape index (κ1) is 20.4. The van der Waals surface area contributed by atoms with Crippen LogP contribution >= 0.6 is 0 Å². The molecule has 4 rings (SSSR count). The lowest BCUT2D eigenvalue weighted by molar-refractivity contribution is -0.126. The lowest BCUT2D eigenvalue weighted by atomic mass is 10.1. The fraction of sp³-hybridized carbons (Fsp3) is 0.375. The largest absolute Gasteiger partial charge is 0.454 e. The van der Waals surface area contributed by atoms with Crippen molar-refractivity contribution in [3.05, 3.63) is 65.7 Å². The molecule has 1 amide bonds. The van der Waals surface area contributed by atoms with Gasteiger partial charge < -0.3 is 14.8 Å². The first-order valence-corrected chi connectivity index (χ1v) is 10.5. The second kappa shape index (κ2) is 9.78. The summed E-state index contributed by atoms with van der Waals surface area (Å²) in [4.78, 5) is 17.3. The van der Waals surface area contributed by atoms with E-state index in [1.54, 1.807) is 0 Å². The molecule has 2 aliphatic heterocycles. The summed E-state index contributed by atoms with van der Waals surface area (Å²) in [6.45, 7) is 7.42. The summed E-state index contributed by atoms with van der Waals surface area (Å²) in [6, 6.07) is 16.0. The quantitative estimate of drug-likeness (QED) is 0.765. The molecule has 0 saturated carbocycles. The second-order valence-corrected chi connectivity index (χ2v) is 7.73. The molecule has 1 atom stereocenters. The minimum atomic E-state index is -0.138. The molecule has 2 aromatic rings. The number of nitrogens with zero attached hydrogens (tertiary/aromatic N) is 2. The lowest BCUT2D eigenvalue weighted by Gasteiger charge is -2.37. The van der Waals surface area contributed by atoms with E-state index < -0.39 is 0 Å². The van der Waals surface area contributed by atoms with Gasteiger partial charge in [-0.25, -0.2) is 0 Å². The van der Waals surface area contributed by atoms with E-state index in [1.807, 2.05) is 31.2 Å². The smallest absolute Gasteiger partial charge is 0.237 e. The van der Waals surface area contributed by atoms with Gasteiger partial charge in [-0.15, -0.1) is 0 Å². The minimum Gasteiger partial charge on any atom is -0.454 e. The molecule has 6 heteroatoms. The molecule has 1 unspecified atom stereocenters. The molecule has 2 aromatic carbocycles. The van der Waals surface area contributed by atoms with Gasteiger partial charge >= 0.3 is 0 Å². The van der Waals surface area contributed by atoms with Gasteiger partial charge in [0, 0.05) is 39.3 Å². The third-order valence-electron chi connectivity index (χ3n) is 5.71. The van der Waals surface area contributed by atoms with Crippen LogP contribution in [0.1, 0.15) is 18.1 Å². The molecule has 2 aliphatic rings. The highest BCUT2D eigenvalue weighted by molar-refractivity contribution is 5.81. The number of fused-ring (bicyclic) bond motifs is 1. The highest BCUT2D eigenvalue weighted by Crippen LogP contribution is 2.32. The number of amides is 1. The number of piperazine rings is 1. The fourth-order valence-corrected chi connectivity index (χ4v) is 3.79. The maximum Gasteiger partial charge on any atom is 0.237 e. The Bertz CT molecular complexity index is 877. The molecule has 158 valence electrons. The zero-order chi connectivity index (χ0) is 20.8. The van der Waals surface area contributed by atoms with Crippen molar-refractivity contribution < 1.29 is 14.3 Å². The van der Waals surface area contributed by atoms with Crippen molar-refractivity contribution >= 4 is 12.0 Å². The molecule has 1 N–H and O–H groups in total. The maximum absolute atomic E-state index is 12.6. The van der Waals surface area contributed by atoms with Gasteiger partial charge in [0.2, 0.25) is 12.7 Å². The first-order chi connectivity index (χ1) is 14.7. The molecule has 0 bridgehead atoms. The zero-order valence-electron chi connectivity index (χ0n) is 17.4. The van der Waals surface area contributed by atoms with E-state index in [2.05, 4.69) is 51.5 Å². The first-order valence-electron chi connectivity index (χ1n) is 10.5. The summed E-state index contributed by atoms with van der Waals surface area (Å²) < 4.78 is 10.7. The summed E-state index contributed by atoms with van der Waals surface area (Å²) in [5, 5.41) is 3.05. The van der Waals surface area contributed by atoms with Crippen LogP contribution in [-0.2, 0) is 11.3 Å². The van der Waals surface area contributed by atoms with Gasteiger partial charge in [0.25, 0.3) is 0 Å². The summed E-state index contributed by atoms with van der Waals surface area (Å²) in [5.74, 6) is 1.56. The molecule has 2 heterocycles. The van der Waals surface area contributed by atoms with Crippen molar-refractivity contribution in [2.24, 2.45) is 0 Å². The monoisotopic (exact) mass is 407 g/mol. The average Bonchev–Trinajstić information content (AvgIpc) is 3.26. The summed E-state index contributed by atoms with van der Waals surface area (Å²) in [6.07, 6.45) is 4.38. The molecule has 0 aliphatic carbocycles. The van der Waals surface area contributed by atoms with Crippen LogP contribution in [0.4, 0.5) is 0 Å². The number of hydrogen-bond donors (Lipinski definition) is 1. The van der Waals surface area contributed by atoms with E-state index in [0.29, 0.717) is 6.54 Å². The van der Waals surface area contributed by atoms with Gasteiger partial charge in [-0.2, -0.15) is 0 Å². The van der Waals surface area contributed by atoms with Crippen LogP contribution in [0, 0.1) is 0 Å². The Hall–Kier alpha value is -2.83. The van der Waals surface area contributed by atoms with Crippen LogP contribution in [-0.4, -0.2) is 61.3 Å². The van der Waals surface area contributed by atoms with Gasteiger partial charge in [-0.3, -0.25) is 14.6 Å². The number of ether oxygens (including phenoxy) is 2. The minimum absolute atomic E-state index is 0.0603. The number of benzene rings is 2. The van der Waals surface area contributed by atoms with Crippen molar-refractivity contribution in [1.29, 1.82) is 0 Å². The van der Waals surface area contributed by atoms with Crippen LogP contribution in [0.25, 0.3) is 6.08 Å². The Morgan fingerprint density at radius 1 is 1.07 bits per heavy atom. The molecule has 6 nitrogen and oxygen atoms in total. The summed E-state index contributed by atoms with van der Waals surface area (Å²) in [5.41, 5.74) is 2.23. The van der Waals surface area contributed by atoms with Gasteiger partial charge in [-0.05, 0) is 30.2 Å². The maximum atomic E-state index is 12.6. The number of carbonyl (C=O) groups is 1. The van der Waals surface area contributed by atoms with Crippen LogP contribution in [0.5, 0.6) is 11.5 Å². The molecule has 30 heavy (non-hydrogen) atoms. The normalized spacial score (nSPS) is 17.9. The van der Waals surface area contributed by atoms with E-state index in [4.69, 9.17) is 9.47 Å². The highest BCUT2D eigenvalue weighted by atomic mass is 16.7. The van der Waals surface area contributed by atoms with E-state index >= 15 is 0 Å². The number of hydrogen-bond acceptors (Lipinski definition) is 5. The van der Waals surface area contributed by atoms with E-state index in [-0.39, 0.29) is 18.7 Å². The van der Waals surface area contributed by atoms with Crippen molar-refractivity contribution in [2.45, 2.75) is 19.5 Å². The zero-order valence-corrected chi connectivity index (χ0v) is 17.4. The van der Waals surface area contributed by atoms with Crippen LogP contribution < -0.4 is 14.8 Å². The Labute approximate surface area is 178 Å². The van der Waals surface area contributed by atoms with Crippen molar-refractivity contribution in [3.8, 4) is 11.5 Å². The van der Waals surface area contributed by atoms with Crippen LogP contribution in [0.3, 0.4) is 0 Å². The Balaban J connectivity index is 1.19. The Kier molecular flexibility index (Phi) is 6.67. The molecular weight excluding hydrogens is 378 g/mol.